The Labute approximate surface area is 119 Å². The molecule has 0 saturated heterocycles. The highest BCUT2D eigenvalue weighted by atomic mass is 16.5. The van der Waals surface area contributed by atoms with E-state index >= 15 is 0 Å². The summed E-state index contributed by atoms with van der Waals surface area (Å²) in [6, 6.07) is 10.1. The second kappa shape index (κ2) is 5.06. The van der Waals surface area contributed by atoms with Gasteiger partial charge in [-0.2, -0.15) is 0 Å². The summed E-state index contributed by atoms with van der Waals surface area (Å²) in [5.74, 6) is -0.267. The molecule has 3 nitrogen and oxygen atoms in total. The van der Waals surface area contributed by atoms with Gasteiger partial charge in [0.15, 0.2) is 0 Å². The second-order valence-corrected chi connectivity index (χ2v) is 5.55. The molecule has 1 fully saturated rings. The molecule has 0 bridgehead atoms. The van der Waals surface area contributed by atoms with Crippen LogP contribution in [0.5, 0.6) is 0 Å². The van der Waals surface area contributed by atoms with Crippen molar-refractivity contribution in [3.05, 3.63) is 47.5 Å². The van der Waals surface area contributed by atoms with Gasteiger partial charge in [-0.05, 0) is 24.8 Å². The molecule has 2 aliphatic carbocycles. The van der Waals surface area contributed by atoms with Crippen LogP contribution in [0.15, 0.2) is 42.0 Å². The Morgan fingerprint density at radius 1 is 1.25 bits per heavy atom. The lowest BCUT2D eigenvalue weighted by Crippen LogP contribution is -2.43. The fraction of sp³-hybridized carbons (Fsp3) is 0.471. The van der Waals surface area contributed by atoms with Gasteiger partial charge in [0.1, 0.15) is 11.5 Å². The third-order valence-corrected chi connectivity index (χ3v) is 4.78. The maximum Gasteiger partial charge on any atom is 0.315 e. The van der Waals surface area contributed by atoms with Crippen LogP contribution in [-0.4, -0.2) is 20.2 Å². The molecule has 0 amide bonds. The van der Waals surface area contributed by atoms with E-state index in [-0.39, 0.29) is 11.9 Å². The van der Waals surface area contributed by atoms with Gasteiger partial charge in [0.05, 0.1) is 7.11 Å². The van der Waals surface area contributed by atoms with Gasteiger partial charge in [0.2, 0.25) is 0 Å². The standard InChI is InChI=1S/C17H20O3/c1-19-16(18)15-11-12-7-6-10-14(12)17(15,20-2)13-8-4-3-5-9-13/h3-5,8-9,11,14-15H,6-7,10H2,1-2H3/t14-,15+,17+/m0/s1. The van der Waals surface area contributed by atoms with Crippen molar-refractivity contribution < 1.29 is 14.3 Å². The summed E-state index contributed by atoms with van der Waals surface area (Å²) < 4.78 is 11.0. The second-order valence-electron chi connectivity index (χ2n) is 5.55. The Morgan fingerprint density at radius 3 is 2.65 bits per heavy atom. The number of rotatable bonds is 3. The van der Waals surface area contributed by atoms with Crippen LogP contribution in [0.25, 0.3) is 0 Å². The maximum absolute atomic E-state index is 12.2. The molecule has 3 atom stereocenters. The molecule has 20 heavy (non-hydrogen) atoms. The quantitative estimate of drug-likeness (QED) is 0.626. The summed E-state index contributed by atoms with van der Waals surface area (Å²) in [5.41, 5.74) is 1.82. The van der Waals surface area contributed by atoms with Gasteiger partial charge in [-0.15, -0.1) is 0 Å². The molecule has 0 radical (unpaired) electrons. The highest BCUT2D eigenvalue weighted by molar-refractivity contribution is 5.78. The van der Waals surface area contributed by atoms with E-state index < -0.39 is 5.60 Å². The van der Waals surface area contributed by atoms with Crippen molar-refractivity contribution in [2.45, 2.75) is 24.9 Å². The van der Waals surface area contributed by atoms with Crippen molar-refractivity contribution in [2.75, 3.05) is 14.2 Å². The number of esters is 1. The Bertz CT molecular complexity index is 534. The average Bonchev–Trinajstić information content (AvgIpc) is 3.07. The lowest BCUT2D eigenvalue weighted by molar-refractivity contribution is -0.158. The fourth-order valence-electron chi connectivity index (χ4n) is 3.95. The summed E-state index contributed by atoms with van der Waals surface area (Å²) >= 11 is 0. The Morgan fingerprint density at radius 2 is 2.00 bits per heavy atom. The summed E-state index contributed by atoms with van der Waals surface area (Å²) in [6.45, 7) is 0. The molecule has 0 unspecified atom stereocenters. The molecule has 3 heteroatoms. The van der Waals surface area contributed by atoms with Crippen LogP contribution < -0.4 is 0 Å². The van der Waals surface area contributed by atoms with Gasteiger partial charge in [-0.1, -0.05) is 42.0 Å². The van der Waals surface area contributed by atoms with Crippen molar-refractivity contribution in [1.82, 2.24) is 0 Å². The van der Waals surface area contributed by atoms with Crippen molar-refractivity contribution in [3.63, 3.8) is 0 Å². The predicted molar refractivity (Wildman–Crippen MR) is 76.1 cm³/mol. The first-order valence-corrected chi connectivity index (χ1v) is 7.13. The van der Waals surface area contributed by atoms with Crippen LogP contribution in [-0.2, 0) is 19.9 Å². The van der Waals surface area contributed by atoms with Crippen molar-refractivity contribution in [1.29, 1.82) is 0 Å². The Kier molecular flexibility index (Phi) is 3.38. The van der Waals surface area contributed by atoms with Crippen LogP contribution in [0.1, 0.15) is 24.8 Å². The van der Waals surface area contributed by atoms with Gasteiger partial charge >= 0.3 is 5.97 Å². The topological polar surface area (TPSA) is 35.5 Å². The number of methoxy groups -OCH3 is 2. The Balaban J connectivity index is 2.13. The van der Waals surface area contributed by atoms with Gasteiger partial charge < -0.3 is 9.47 Å². The van der Waals surface area contributed by atoms with Crippen molar-refractivity contribution in [3.8, 4) is 0 Å². The van der Waals surface area contributed by atoms with E-state index in [1.165, 1.54) is 19.1 Å². The van der Waals surface area contributed by atoms with E-state index in [9.17, 15) is 4.79 Å². The number of benzene rings is 1. The lowest BCUT2D eigenvalue weighted by Gasteiger charge is -2.38. The molecule has 0 spiro atoms. The molecule has 1 saturated carbocycles. The number of carbonyl (C=O) groups is 1. The minimum atomic E-state index is -0.597. The van der Waals surface area contributed by atoms with E-state index in [4.69, 9.17) is 9.47 Å². The minimum Gasteiger partial charge on any atom is -0.468 e. The zero-order chi connectivity index (χ0) is 14.2. The summed E-state index contributed by atoms with van der Waals surface area (Å²) in [4.78, 5) is 12.2. The minimum absolute atomic E-state index is 0.211. The summed E-state index contributed by atoms with van der Waals surface area (Å²) in [6.07, 6.45) is 5.39. The molecule has 0 N–H and O–H groups in total. The van der Waals surface area contributed by atoms with E-state index in [1.54, 1.807) is 7.11 Å². The molecular weight excluding hydrogens is 252 g/mol. The van der Waals surface area contributed by atoms with Crippen LogP contribution in [0.3, 0.4) is 0 Å². The van der Waals surface area contributed by atoms with Crippen LogP contribution >= 0.6 is 0 Å². The predicted octanol–water partition coefficient (Wildman–Crippen LogP) is 3.06. The molecule has 0 heterocycles. The van der Waals surface area contributed by atoms with E-state index in [0.717, 1.165) is 18.4 Å². The normalized spacial score (nSPS) is 31.8. The monoisotopic (exact) mass is 272 g/mol. The Hall–Kier alpha value is -1.61. The number of ether oxygens (including phenoxy) is 2. The van der Waals surface area contributed by atoms with E-state index in [2.05, 4.69) is 18.2 Å². The summed E-state index contributed by atoms with van der Waals surface area (Å²) in [7, 11) is 3.15. The van der Waals surface area contributed by atoms with Crippen LogP contribution in [0.2, 0.25) is 0 Å². The molecule has 1 aromatic rings. The van der Waals surface area contributed by atoms with Gasteiger partial charge in [0, 0.05) is 13.0 Å². The molecule has 106 valence electrons. The molecule has 2 aliphatic rings. The molecule has 3 rings (SSSR count). The SMILES string of the molecule is COC(=O)[C@H]1C=C2CCC[C@@H]2[C@]1(OC)c1ccccc1. The average molecular weight is 272 g/mol. The molecule has 1 aromatic carbocycles. The third kappa shape index (κ3) is 1.73. The first-order chi connectivity index (χ1) is 9.74. The fourth-order valence-corrected chi connectivity index (χ4v) is 3.95. The number of carbonyl (C=O) groups excluding carboxylic acids is 1. The van der Waals surface area contributed by atoms with Crippen LogP contribution in [0, 0.1) is 11.8 Å². The van der Waals surface area contributed by atoms with Gasteiger partial charge in [-0.25, -0.2) is 0 Å². The van der Waals surface area contributed by atoms with Crippen LogP contribution in [0.4, 0.5) is 0 Å². The maximum atomic E-state index is 12.2. The molecule has 0 aromatic heterocycles. The first-order valence-electron chi connectivity index (χ1n) is 7.13. The van der Waals surface area contributed by atoms with Gasteiger partial charge in [-0.3, -0.25) is 4.79 Å². The number of hydrogen-bond donors (Lipinski definition) is 0. The zero-order valence-corrected chi connectivity index (χ0v) is 12.0. The largest absolute Gasteiger partial charge is 0.468 e. The van der Waals surface area contributed by atoms with Gasteiger partial charge in [0.25, 0.3) is 0 Å². The lowest BCUT2D eigenvalue weighted by atomic mass is 9.75. The number of hydrogen-bond acceptors (Lipinski definition) is 3. The first kappa shape index (κ1) is 13.4. The molecule has 0 aliphatic heterocycles. The highest BCUT2D eigenvalue weighted by Gasteiger charge is 2.56. The zero-order valence-electron chi connectivity index (χ0n) is 12.0. The van der Waals surface area contributed by atoms with Crippen molar-refractivity contribution in [2.24, 2.45) is 11.8 Å². The smallest absolute Gasteiger partial charge is 0.315 e. The van der Waals surface area contributed by atoms with E-state index in [0.29, 0.717) is 5.92 Å². The molecular formula is C17H20O3. The number of fused-ring (bicyclic) bond motifs is 1. The van der Waals surface area contributed by atoms with E-state index in [1.807, 2.05) is 18.2 Å². The highest BCUT2D eigenvalue weighted by Crippen LogP contribution is 2.56. The third-order valence-electron chi connectivity index (χ3n) is 4.78. The summed E-state index contributed by atoms with van der Waals surface area (Å²) in [5, 5.41) is 0. The van der Waals surface area contributed by atoms with Crippen molar-refractivity contribution >= 4 is 5.97 Å².